The molecule has 0 amide bonds. The van der Waals surface area contributed by atoms with E-state index in [1.54, 1.807) is 12.1 Å². The topological polar surface area (TPSA) is 57.5 Å². The molecule has 4 nitrogen and oxygen atoms in total. The molecule has 0 atom stereocenters. The summed E-state index contributed by atoms with van der Waals surface area (Å²) in [6, 6.07) is 7.01. The summed E-state index contributed by atoms with van der Waals surface area (Å²) in [5, 5.41) is 13.8. The van der Waals surface area contributed by atoms with Crippen LogP contribution in [0, 0.1) is 6.92 Å². The minimum Gasteiger partial charge on any atom is -0.507 e. The third kappa shape index (κ3) is 4.95. The van der Waals surface area contributed by atoms with E-state index in [-0.39, 0.29) is 22.7 Å². The number of nitrogens with one attached hydrogen (secondary N) is 1. The molecule has 7 heteroatoms. The number of anilines is 1. The van der Waals surface area contributed by atoms with Crippen molar-refractivity contribution < 1.29 is 18.3 Å². The molecule has 1 heterocycles. The number of hydrazone groups is 1. The van der Waals surface area contributed by atoms with E-state index < -0.39 is 11.7 Å². The molecule has 2 aromatic rings. The number of hydrogen-bond donors (Lipinski definition) is 2. The van der Waals surface area contributed by atoms with Crippen LogP contribution in [-0.4, -0.2) is 16.3 Å². The Bertz CT molecular complexity index is 793. The SMILES string of the molecule is Cc1cc(C(F)(F)F)cc(N/N=C/c2cc(C(C)(C)C)ccc2O)n1. The van der Waals surface area contributed by atoms with Crippen molar-refractivity contribution in [1.82, 2.24) is 4.98 Å². The predicted molar refractivity (Wildman–Crippen MR) is 92.0 cm³/mol. The molecule has 0 aliphatic carbocycles. The molecule has 0 radical (unpaired) electrons. The van der Waals surface area contributed by atoms with Crippen molar-refractivity contribution in [2.24, 2.45) is 5.10 Å². The average Bonchev–Trinajstić information content (AvgIpc) is 2.46. The summed E-state index contributed by atoms with van der Waals surface area (Å²) in [5.74, 6) is 0.0155. The molecule has 25 heavy (non-hydrogen) atoms. The zero-order valence-corrected chi connectivity index (χ0v) is 14.4. The van der Waals surface area contributed by atoms with Gasteiger partial charge in [-0.2, -0.15) is 18.3 Å². The van der Waals surface area contributed by atoms with Gasteiger partial charge in [-0.05, 0) is 42.2 Å². The Kier molecular flexibility index (Phi) is 5.06. The average molecular weight is 351 g/mol. The number of nitrogens with zero attached hydrogens (tertiary/aromatic N) is 2. The Morgan fingerprint density at radius 3 is 2.36 bits per heavy atom. The standard InChI is InChI=1S/C18H20F3N3O/c1-11-7-14(18(19,20)21)9-16(23-11)24-22-10-12-8-13(17(2,3)4)5-6-15(12)25/h5-10,25H,1-4H3,(H,23,24)/b22-10+. The van der Waals surface area contributed by atoms with Crippen LogP contribution >= 0.6 is 0 Å². The molecule has 0 bridgehead atoms. The van der Waals surface area contributed by atoms with Crippen molar-refractivity contribution in [2.45, 2.75) is 39.3 Å². The maximum Gasteiger partial charge on any atom is 0.416 e. The molecule has 1 aromatic carbocycles. The van der Waals surface area contributed by atoms with Gasteiger partial charge in [0.1, 0.15) is 11.6 Å². The lowest BCUT2D eigenvalue weighted by Crippen LogP contribution is -2.11. The van der Waals surface area contributed by atoms with Gasteiger partial charge in [0.15, 0.2) is 0 Å². The molecule has 0 aliphatic rings. The van der Waals surface area contributed by atoms with Crippen LogP contribution in [0.2, 0.25) is 0 Å². The molecule has 0 unspecified atom stereocenters. The Hall–Kier alpha value is -2.57. The van der Waals surface area contributed by atoms with Gasteiger partial charge < -0.3 is 5.11 Å². The van der Waals surface area contributed by atoms with Crippen LogP contribution in [0.4, 0.5) is 19.0 Å². The number of alkyl halides is 3. The van der Waals surface area contributed by atoms with E-state index in [4.69, 9.17) is 0 Å². The summed E-state index contributed by atoms with van der Waals surface area (Å²) in [5.41, 5.74) is 3.26. The Labute approximate surface area is 144 Å². The Balaban J connectivity index is 2.23. The molecule has 0 saturated heterocycles. The van der Waals surface area contributed by atoms with Crippen molar-refractivity contribution in [3.63, 3.8) is 0 Å². The highest BCUT2D eigenvalue weighted by atomic mass is 19.4. The fourth-order valence-electron chi connectivity index (χ4n) is 2.18. The van der Waals surface area contributed by atoms with Gasteiger partial charge in [0.2, 0.25) is 0 Å². The number of phenolic OH excluding ortho intramolecular Hbond substituents is 1. The lowest BCUT2D eigenvalue weighted by atomic mass is 9.86. The molecular formula is C18H20F3N3O. The fraction of sp³-hybridized carbons (Fsp3) is 0.333. The first-order chi connectivity index (χ1) is 11.5. The van der Waals surface area contributed by atoms with Crippen LogP contribution in [0.1, 0.15) is 43.2 Å². The highest BCUT2D eigenvalue weighted by molar-refractivity contribution is 5.84. The van der Waals surface area contributed by atoms with Gasteiger partial charge in [0.05, 0.1) is 11.8 Å². The molecule has 0 fully saturated rings. The minimum atomic E-state index is -4.45. The first kappa shape index (κ1) is 18.8. The second-order valence-corrected chi connectivity index (χ2v) is 6.77. The van der Waals surface area contributed by atoms with E-state index in [1.807, 2.05) is 26.8 Å². The summed E-state index contributed by atoms with van der Waals surface area (Å²) < 4.78 is 38.5. The number of aromatic nitrogens is 1. The first-order valence-corrected chi connectivity index (χ1v) is 7.65. The normalized spacial score (nSPS) is 12.6. The van der Waals surface area contributed by atoms with Crippen LogP contribution in [0.3, 0.4) is 0 Å². The van der Waals surface area contributed by atoms with Crippen molar-refractivity contribution in [1.29, 1.82) is 0 Å². The summed E-state index contributed by atoms with van der Waals surface area (Å²) in [6.45, 7) is 7.58. The molecule has 2 N–H and O–H groups in total. The van der Waals surface area contributed by atoms with Gasteiger partial charge in [-0.1, -0.05) is 26.8 Å². The molecule has 134 valence electrons. The lowest BCUT2D eigenvalue weighted by molar-refractivity contribution is -0.137. The Morgan fingerprint density at radius 2 is 1.76 bits per heavy atom. The van der Waals surface area contributed by atoms with Gasteiger partial charge in [0, 0.05) is 11.3 Å². The number of halogens is 3. The number of pyridine rings is 1. The molecule has 0 saturated carbocycles. The van der Waals surface area contributed by atoms with Crippen molar-refractivity contribution in [3.05, 3.63) is 52.7 Å². The second kappa shape index (κ2) is 6.74. The van der Waals surface area contributed by atoms with Crippen LogP contribution in [-0.2, 0) is 11.6 Å². The highest BCUT2D eigenvalue weighted by Gasteiger charge is 2.31. The third-order valence-corrected chi connectivity index (χ3v) is 3.56. The number of benzene rings is 1. The second-order valence-electron chi connectivity index (χ2n) is 6.77. The van der Waals surface area contributed by atoms with E-state index in [9.17, 15) is 18.3 Å². The van der Waals surface area contributed by atoms with Gasteiger partial charge in [0.25, 0.3) is 0 Å². The number of rotatable bonds is 3. The largest absolute Gasteiger partial charge is 0.507 e. The lowest BCUT2D eigenvalue weighted by Gasteiger charge is -2.19. The van der Waals surface area contributed by atoms with Crippen LogP contribution in [0.15, 0.2) is 35.4 Å². The van der Waals surface area contributed by atoms with E-state index in [0.29, 0.717) is 5.56 Å². The maximum absolute atomic E-state index is 12.8. The van der Waals surface area contributed by atoms with Crippen LogP contribution in [0.5, 0.6) is 5.75 Å². The smallest absolute Gasteiger partial charge is 0.416 e. The summed E-state index contributed by atoms with van der Waals surface area (Å²) in [6.07, 6.45) is -3.10. The summed E-state index contributed by atoms with van der Waals surface area (Å²) in [4.78, 5) is 3.97. The zero-order valence-electron chi connectivity index (χ0n) is 14.4. The Morgan fingerprint density at radius 1 is 1.08 bits per heavy atom. The third-order valence-electron chi connectivity index (χ3n) is 3.56. The number of hydrogen-bond acceptors (Lipinski definition) is 4. The van der Waals surface area contributed by atoms with Crippen molar-refractivity contribution in [2.75, 3.05) is 5.43 Å². The number of phenols is 1. The molecule has 2 rings (SSSR count). The predicted octanol–water partition coefficient (Wildman–Crippen LogP) is 4.86. The molecule has 1 aromatic heterocycles. The number of aromatic hydroxyl groups is 1. The van der Waals surface area contributed by atoms with E-state index in [1.165, 1.54) is 13.1 Å². The molecule has 0 aliphatic heterocycles. The van der Waals surface area contributed by atoms with Gasteiger partial charge >= 0.3 is 6.18 Å². The highest BCUT2D eigenvalue weighted by Crippen LogP contribution is 2.31. The zero-order chi connectivity index (χ0) is 18.8. The van der Waals surface area contributed by atoms with E-state index in [0.717, 1.165) is 17.7 Å². The monoisotopic (exact) mass is 351 g/mol. The summed E-state index contributed by atoms with van der Waals surface area (Å²) in [7, 11) is 0. The van der Waals surface area contributed by atoms with Crippen molar-refractivity contribution >= 4 is 12.0 Å². The van der Waals surface area contributed by atoms with Crippen molar-refractivity contribution in [3.8, 4) is 5.75 Å². The molecular weight excluding hydrogens is 331 g/mol. The van der Waals surface area contributed by atoms with Gasteiger partial charge in [-0.25, -0.2) is 4.98 Å². The van der Waals surface area contributed by atoms with Gasteiger partial charge in [-0.15, -0.1) is 0 Å². The van der Waals surface area contributed by atoms with E-state index >= 15 is 0 Å². The fourth-order valence-corrected chi connectivity index (χ4v) is 2.18. The minimum absolute atomic E-state index is 0.0185. The van der Waals surface area contributed by atoms with Gasteiger partial charge in [-0.3, -0.25) is 5.43 Å². The quantitative estimate of drug-likeness (QED) is 0.613. The number of aryl methyl sites for hydroxylation is 1. The summed E-state index contributed by atoms with van der Waals surface area (Å²) >= 11 is 0. The maximum atomic E-state index is 12.8. The van der Waals surface area contributed by atoms with Crippen LogP contribution < -0.4 is 5.43 Å². The van der Waals surface area contributed by atoms with Crippen LogP contribution in [0.25, 0.3) is 0 Å². The first-order valence-electron chi connectivity index (χ1n) is 7.65. The molecule has 0 spiro atoms. The van der Waals surface area contributed by atoms with E-state index in [2.05, 4.69) is 15.5 Å².